The molecule has 48 valence electrons. The molecular formula is C5H3ClFNO. The molecule has 1 rings (SSSR count). The van der Waals surface area contributed by atoms with Gasteiger partial charge in [-0.15, -0.1) is 0 Å². The van der Waals surface area contributed by atoms with E-state index < -0.39 is 5.82 Å². The first kappa shape index (κ1) is 6.29. The van der Waals surface area contributed by atoms with E-state index in [9.17, 15) is 4.39 Å². The van der Waals surface area contributed by atoms with Gasteiger partial charge in [-0.3, -0.25) is 0 Å². The maximum atomic E-state index is 12.2. The Labute approximate surface area is 55.9 Å². The van der Waals surface area contributed by atoms with Crippen molar-refractivity contribution in [3.8, 4) is 5.88 Å². The lowest BCUT2D eigenvalue weighted by Crippen LogP contribution is -1.79. The Bertz CT molecular complexity index is 228. The number of aromatic nitrogens is 1. The van der Waals surface area contributed by atoms with E-state index in [1.165, 1.54) is 0 Å². The standard InChI is InChI=1S/C5H3ClFNO/c6-5-3(7)1-2-4(9)8-5/h1-2H,(H,8,9). The van der Waals surface area contributed by atoms with Gasteiger partial charge in [-0.2, -0.15) is 4.98 Å². The van der Waals surface area contributed by atoms with Gasteiger partial charge >= 0.3 is 0 Å². The lowest BCUT2D eigenvalue weighted by molar-refractivity contribution is 0.450. The van der Waals surface area contributed by atoms with E-state index in [-0.39, 0.29) is 11.0 Å². The Hall–Kier alpha value is -0.830. The second kappa shape index (κ2) is 2.19. The van der Waals surface area contributed by atoms with E-state index in [1.807, 2.05) is 0 Å². The van der Waals surface area contributed by atoms with Crippen LogP contribution in [0, 0.1) is 5.82 Å². The van der Waals surface area contributed by atoms with Gasteiger partial charge in [0.1, 0.15) is 0 Å². The molecule has 0 saturated heterocycles. The zero-order chi connectivity index (χ0) is 6.85. The van der Waals surface area contributed by atoms with Crippen LogP contribution in [0.1, 0.15) is 0 Å². The minimum Gasteiger partial charge on any atom is -0.493 e. The van der Waals surface area contributed by atoms with Gasteiger partial charge in [-0.1, -0.05) is 11.6 Å². The van der Waals surface area contributed by atoms with Crippen LogP contribution in [0.5, 0.6) is 5.88 Å². The predicted molar refractivity (Wildman–Crippen MR) is 30.9 cm³/mol. The average molecular weight is 148 g/mol. The van der Waals surface area contributed by atoms with Crippen LogP contribution in [0.25, 0.3) is 0 Å². The summed E-state index contributed by atoms with van der Waals surface area (Å²) in [5, 5.41) is 8.27. The van der Waals surface area contributed by atoms with Crippen LogP contribution in [0.4, 0.5) is 4.39 Å². The maximum Gasteiger partial charge on any atom is 0.212 e. The SMILES string of the molecule is Oc1ccc(F)c(Cl)n1. The highest BCUT2D eigenvalue weighted by atomic mass is 35.5. The molecule has 0 saturated carbocycles. The van der Waals surface area contributed by atoms with Crippen molar-refractivity contribution >= 4 is 11.6 Å². The van der Waals surface area contributed by atoms with Crippen LogP contribution in [0.3, 0.4) is 0 Å². The van der Waals surface area contributed by atoms with Crippen molar-refractivity contribution in [1.29, 1.82) is 0 Å². The highest BCUT2D eigenvalue weighted by Gasteiger charge is 1.98. The zero-order valence-corrected chi connectivity index (χ0v) is 5.06. The van der Waals surface area contributed by atoms with Crippen molar-refractivity contribution in [1.82, 2.24) is 4.98 Å². The van der Waals surface area contributed by atoms with E-state index in [4.69, 9.17) is 16.7 Å². The van der Waals surface area contributed by atoms with E-state index in [0.29, 0.717) is 0 Å². The number of pyridine rings is 1. The van der Waals surface area contributed by atoms with Crippen LogP contribution < -0.4 is 0 Å². The predicted octanol–water partition coefficient (Wildman–Crippen LogP) is 1.58. The van der Waals surface area contributed by atoms with Crippen LogP contribution in [-0.4, -0.2) is 10.1 Å². The third-order valence-corrected chi connectivity index (χ3v) is 1.05. The summed E-state index contributed by atoms with van der Waals surface area (Å²) in [5.74, 6) is -0.907. The van der Waals surface area contributed by atoms with Crippen molar-refractivity contribution in [3.63, 3.8) is 0 Å². The molecule has 0 aliphatic heterocycles. The molecule has 0 amide bonds. The second-order valence-electron chi connectivity index (χ2n) is 1.44. The van der Waals surface area contributed by atoms with E-state index in [0.717, 1.165) is 12.1 Å². The summed E-state index contributed by atoms with van der Waals surface area (Å²) in [4.78, 5) is 3.22. The van der Waals surface area contributed by atoms with Gasteiger partial charge in [-0.05, 0) is 6.07 Å². The maximum absolute atomic E-state index is 12.2. The smallest absolute Gasteiger partial charge is 0.212 e. The largest absolute Gasteiger partial charge is 0.493 e. The van der Waals surface area contributed by atoms with Gasteiger partial charge in [0.05, 0.1) is 0 Å². The zero-order valence-electron chi connectivity index (χ0n) is 4.31. The Morgan fingerprint density at radius 1 is 1.56 bits per heavy atom. The Morgan fingerprint density at radius 3 is 2.67 bits per heavy atom. The van der Waals surface area contributed by atoms with Crippen LogP contribution in [0.2, 0.25) is 5.15 Å². The highest BCUT2D eigenvalue weighted by molar-refractivity contribution is 6.29. The van der Waals surface area contributed by atoms with Crippen LogP contribution in [0.15, 0.2) is 12.1 Å². The summed E-state index contributed by atoms with van der Waals surface area (Å²) in [6, 6.07) is 2.17. The third kappa shape index (κ3) is 1.29. The fraction of sp³-hybridized carbons (Fsp3) is 0. The van der Waals surface area contributed by atoms with Crippen molar-refractivity contribution in [2.24, 2.45) is 0 Å². The molecule has 9 heavy (non-hydrogen) atoms. The fourth-order valence-electron chi connectivity index (χ4n) is 0.408. The van der Waals surface area contributed by atoms with E-state index >= 15 is 0 Å². The molecule has 0 aliphatic rings. The summed E-state index contributed by atoms with van der Waals surface area (Å²) in [6.07, 6.45) is 0. The summed E-state index contributed by atoms with van der Waals surface area (Å²) in [5.41, 5.74) is 0. The number of hydrogen-bond acceptors (Lipinski definition) is 2. The Morgan fingerprint density at radius 2 is 2.22 bits per heavy atom. The topological polar surface area (TPSA) is 33.1 Å². The monoisotopic (exact) mass is 147 g/mol. The molecule has 4 heteroatoms. The van der Waals surface area contributed by atoms with Crippen LogP contribution >= 0.6 is 11.6 Å². The molecule has 0 radical (unpaired) electrons. The number of aromatic hydroxyl groups is 1. The van der Waals surface area contributed by atoms with Crippen molar-refractivity contribution in [2.45, 2.75) is 0 Å². The molecule has 0 unspecified atom stereocenters. The molecule has 0 bridgehead atoms. The molecule has 0 spiro atoms. The first-order chi connectivity index (χ1) is 4.20. The Balaban J connectivity index is 3.17. The molecule has 1 aromatic rings. The number of hydrogen-bond donors (Lipinski definition) is 1. The molecule has 0 atom stereocenters. The summed E-state index contributed by atoms with van der Waals surface area (Å²) in [6.45, 7) is 0. The lowest BCUT2D eigenvalue weighted by Gasteiger charge is -1.91. The second-order valence-corrected chi connectivity index (χ2v) is 1.80. The first-order valence-corrected chi connectivity index (χ1v) is 2.59. The van der Waals surface area contributed by atoms with E-state index in [1.54, 1.807) is 0 Å². The highest BCUT2D eigenvalue weighted by Crippen LogP contribution is 2.13. The summed E-state index contributed by atoms with van der Waals surface area (Å²) < 4.78 is 12.2. The van der Waals surface area contributed by atoms with Gasteiger partial charge in [0, 0.05) is 6.07 Å². The molecule has 0 fully saturated rings. The third-order valence-electron chi connectivity index (χ3n) is 0.789. The van der Waals surface area contributed by atoms with Gasteiger partial charge in [0.15, 0.2) is 11.0 Å². The Kier molecular flexibility index (Phi) is 1.53. The molecule has 0 aliphatic carbocycles. The average Bonchev–Trinajstić information content (AvgIpc) is 1.80. The summed E-state index contributed by atoms with van der Waals surface area (Å²) >= 11 is 5.17. The quantitative estimate of drug-likeness (QED) is 0.566. The van der Waals surface area contributed by atoms with Crippen molar-refractivity contribution in [3.05, 3.63) is 23.1 Å². The number of nitrogens with zero attached hydrogens (tertiary/aromatic N) is 1. The number of rotatable bonds is 0. The molecule has 1 N–H and O–H groups in total. The lowest BCUT2D eigenvalue weighted by atomic mass is 10.5. The minimum atomic E-state index is -0.630. The van der Waals surface area contributed by atoms with Gasteiger partial charge < -0.3 is 5.11 Å². The van der Waals surface area contributed by atoms with Crippen LogP contribution in [-0.2, 0) is 0 Å². The summed E-state index contributed by atoms with van der Waals surface area (Å²) in [7, 11) is 0. The van der Waals surface area contributed by atoms with Gasteiger partial charge in [0.25, 0.3) is 0 Å². The normalized spacial score (nSPS) is 9.56. The molecule has 1 aromatic heterocycles. The van der Waals surface area contributed by atoms with Crippen molar-refractivity contribution < 1.29 is 9.50 Å². The van der Waals surface area contributed by atoms with Crippen molar-refractivity contribution in [2.75, 3.05) is 0 Å². The molecule has 1 heterocycles. The van der Waals surface area contributed by atoms with Gasteiger partial charge in [-0.25, -0.2) is 4.39 Å². The molecule has 0 aromatic carbocycles. The molecule has 2 nitrogen and oxygen atoms in total. The van der Waals surface area contributed by atoms with E-state index in [2.05, 4.69) is 4.98 Å². The first-order valence-electron chi connectivity index (χ1n) is 2.21. The fourth-order valence-corrected chi connectivity index (χ4v) is 0.557. The van der Waals surface area contributed by atoms with Gasteiger partial charge in [0.2, 0.25) is 5.88 Å². The minimum absolute atomic E-state index is 0.276. The molecular weight excluding hydrogens is 145 g/mol. The number of halogens is 2.